The van der Waals surface area contributed by atoms with E-state index in [1.165, 1.54) is 0 Å². The van der Waals surface area contributed by atoms with Gasteiger partial charge in [-0.1, -0.05) is 0 Å². The zero-order valence-corrected chi connectivity index (χ0v) is 7.55. The third-order valence-electron chi connectivity index (χ3n) is 1.90. The van der Waals surface area contributed by atoms with Gasteiger partial charge in [0.1, 0.15) is 6.67 Å². The summed E-state index contributed by atoms with van der Waals surface area (Å²) in [6.45, 7) is 0.630. The van der Waals surface area contributed by atoms with Crippen LogP contribution >= 0.6 is 0 Å². The molecule has 1 aromatic rings. The van der Waals surface area contributed by atoms with E-state index < -0.39 is 0 Å². The average Bonchev–Trinajstić information content (AvgIpc) is 2.17. The molecule has 72 valence electrons. The number of amides is 1. The fourth-order valence-corrected chi connectivity index (χ4v) is 1.33. The molecule has 1 amide bonds. The Morgan fingerprint density at radius 3 is 3.29 bits per heavy atom. The molecular weight excluding hydrogens is 180 g/mol. The molecular formula is C9H10N4O. The first kappa shape index (κ1) is 8.68. The smallest absolute Gasteiger partial charge is 0.236 e. The molecule has 1 aromatic heterocycles. The van der Waals surface area contributed by atoms with E-state index >= 15 is 0 Å². The van der Waals surface area contributed by atoms with E-state index in [0.29, 0.717) is 12.2 Å². The average molecular weight is 190 g/mol. The van der Waals surface area contributed by atoms with Crippen LogP contribution in [-0.4, -0.2) is 29.0 Å². The number of hydrogen-bond donors (Lipinski definition) is 1. The summed E-state index contributed by atoms with van der Waals surface area (Å²) in [5.41, 5.74) is 5.80. The van der Waals surface area contributed by atoms with E-state index in [0.717, 1.165) is 5.22 Å². The Labute approximate surface area is 80.6 Å². The Bertz CT molecular complexity index is 468. The topological polar surface area (TPSA) is 71.6 Å². The van der Waals surface area contributed by atoms with Crippen LogP contribution in [0.4, 0.5) is 0 Å². The molecule has 0 spiro atoms. The van der Waals surface area contributed by atoms with Gasteiger partial charge in [-0.25, -0.2) is 9.98 Å². The number of aromatic nitrogens is 1. The van der Waals surface area contributed by atoms with Crippen molar-refractivity contribution in [3.63, 3.8) is 0 Å². The van der Waals surface area contributed by atoms with Gasteiger partial charge in [-0.05, 0) is 12.1 Å². The van der Waals surface area contributed by atoms with Crippen molar-refractivity contribution in [1.29, 1.82) is 0 Å². The number of carbonyl (C=O) groups is 1. The summed E-state index contributed by atoms with van der Waals surface area (Å²) < 4.78 is 0. The van der Waals surface area contributed by atoms with Gasteiger partial charge >= 0.3 is 0 Å². The summed E-state index contributed by atoms with van der Waals surface area (Å²) in [5, 5.41) is 0.917. The van der Waals surface area contributed by atoms with Crippen molar-refractivity contribution in [2.24, 2.45) is 10.7 Å². The number of hydrogen-bond acceptors (Lipinski definition) is 4. The Hall–Kier alpha value is -1.91. The lowest BCUT2D eigenvalue weighted by Gasteiger charge is -2.17. The fraction of sp³-hybridized carbons (Fsp3) is 0.222. The molecule has 2 rings (SSSR count). The van der Waals surface area contributed by atoms with Crippen molar-refractivity contribution in [2.45, 2.75) is 0 Å². The molecule has 1 aliphatic rings. The van der Waals surface area contributed by atoms with Gasteiger partial charge in [-0.2, -0.15) is 0 Å². The van der Waals surface area contributed by atoms with Crippen molar-refractivity contribution in [1.82, 2.24) is 9.88 Å². The highest BCUT2D eigenvalue weighted by molar-refractivity contribution is 5.76. The second kappa shape index (κ2) is 3.45. The minimum Gasteiger partial charge on any atom is -0.368 e. The van der Waals surface area contributed by atoms with Crippen LogP contribution in [0.3, 0.4) is 0 Å². The molecule has 0 radical (unpaired) electrons. The number of nitrogens with two attached hydrogens (primary N) is 1. The molecule has 0 bridgehead atoms. The van der Waals surface area contributed by atoms with Gasteiger partial charge in [0.05, 0.1) is 6.54 Å². The number of carbonyl (C=O) groups excluding carboxylic acids is 1. The van der Waals surface area contributed by atoms with Crippen LogP contribution in [0.5, 0.6) is 0 Å². The highest BCUT2D eigenvalue weighted by Gasteiger charge is 2.06. The second-order valence-electron chi connectivity index (χ2n) is 3.06. The zero-order chi connectivity index (χ0) is 9.97. The van der Waals surface area contributed by atoms with Crippen LogP contribution in [0.25, 0.3) is 6.20 Å². The second-order valence-corrected chi connectivity index (χ2v) is 3.06. The van der Waals surface area contributed by atoms with E-state index in [2.05, 4.69) is 9.98 Å². The third kappa shape index (κ3) is 1.71. The highest BCUT2D eigenvalue weighted by atomic mass is 16.1. The predicted molar refractivity (Wildman–Crippen MR) is 50.3 cm³/mol. The van der Waals surface area contributed by atoms with E-state index in [1.54, 1.807) is 11.1 Å². The summed E-state index contributed by atoms with van der Waals surface area (Å²) in [4.78, 5) is 20.7. The molecule has 0 saturated heterocycles. The molecule has 2 N–H and O–H groups in total. The largest absolute Gasteiger partial charge is 0.368 e. The lowest BCUT2D eigenvalue weighted by molar-refractivity contribution is -0.118. The van der Waals surface area contributed by atoms with Crippen molar-refractivity contribution in [3.8, 4) is 0 Å². The standard InChI is InChI=1S/C9H10N4O/c10-8(14)5-13-4-7-2-1-3-11-9(7)12-6-13/h1-4H,5-6H2,(H2,10,14). The summed E-state index contributed by atoms with van der Waals surface area (Å²) in [6.07, 6.45) is 3.54. The molecule has 0 atom stereocenters. The number of nitrogens with zero attached hydrogens (tertiary/aromatic N) is 3. The summed E-state index contributed by atoms with van der Waals surface area (Å²) >= 11 is 0. The predicted octanol–water partition coefficient (Wildman–Crippen LogP) is -1.80. The molecule has 1 aliphatic heterocycles. The first-order chi connectivity index (χ1) is 6.75. The molecule has 5 nitrogen and oxygen atoms in total. The molecule has 0 fully saturated rings. The van der Waals surface area contributed by atoms with Gasteiger partial charge in [0, 0.05) is 17.6 Å². The van der Waals surface area contributed by atoms with E-state index in [-0.39, 0.29) is 12.5 Å². The van der Waals surface area contributed by atoms with E-state index in [9.17, 15) is 4.79 Å². The highest BCUT2D eigenvalue weighted by Crippen LogP contribution is 1.90. The van der Waals surface area contributed by atoms with Crippen LogP contribution in [0.15, 0.2) is 23.3 Å². The van der Waals surface area contributed by atoms with Crippen LogP contribution in [-0.2, 0) is 4.79 Å². The van der Waals surface area contributed by atoms with E-state index in [1.807, 2.05) is 18.3 Å². The third-order valence-corrected chi connectivity index (χ3v) is 1.90. The summed E-state index contributed by atoms with van der Waals surface area (Å²) in [7, 11) is 0. The first-order valence-electron chi connectivity index (χ1n) is 4.25. The number of primary amides is 1. The van der Waals surface area contributed by atoms with Gasteiger partial charge in [-0.3, -0.25) is 4.79 Å². The van der Waals surface area contributed by atoms with Gasteiger partial charge in [0.2, 0.25) is 5.91 Å². The molecule has 0 saturated carbocycles. The summed E-state index contributed by atoms with van der Waals surface area (Å²) in [6, 6.07) is 3.73. The van der Waals surface area contributed by atoms with Crippen molar-refractivity contribution >= 4 is 12.1 Å². The van der Waals surface area contributed by atoms with Gasteiger partial charge in [-0.15, -0.1) is 0 Å². The van der Waals surface area contributed by atoms with Crippen LogP contribution in [0.2, 0.25) is 0 Å². The maximum absolute atomic E-state index is 10.7. The number of fused-ring (bicyclic) bond motifs is 1. The molecule has 14 heavy (non-hydrogen) atoms. The zero-order valence-electron chi connectivity index (χ0n) is 7.55. The lowest BCUT2D eigenvalue weighted by atomic mass is 10.3. The Kier molecular flexibility index (Phi) is 2.14. The van der Waals surface area contributed by atoms with Crippen LogP contribution in [0.1, 0.15) is 0 Å². The minimum atomic E-state index is -0.358. The molecule has 0 aromatic carbocycles. The maximum atomic E-state index is 10.7. The summed E-state index contributed by atoms with van der Waals surface area (Å²) in [5.74, 6) is -0.358. The van der Waals surface area contributed by atoms with Crippen molar-refractivity contribution in [2.75, 3.05) is 13.2 Å². The SMILES string of the molecule is NC(=O)CN1C=c2cccnc2=NC1. The first-order valence-corrected chi connectivity index (χ1v) is 4.25. The van der Waals surface area contributed by atoms with Crippen molar-refractivity contribution < 1.29 is 4.79 Å². The monoisotopic (exact) mass is 190 g/mol. The minimum absolute atomic E-state index is 0.192. The van der Waals surface area contributed by atoms with Gasteiger partial charge in [0.25, 0.3) is 0 Å². The fourth-order valence-electron chi connectivity index (χ4n) is 1.33. The molecule has 5 heteroatoms. The Morgan fingerprint density at radius 1 is 1.64 bits per heavy atom. The Morgan fingerprint density at radius 2 is 2.50 bits per heavy atom. The molecule has 0 unspecified atom stereocenters. The Balaban J connectivity index is 2.34. The van der Waals surface area contributed by atoms with Gasteiger partial charge < -0.3 is 10.6 Å². The number of rotatable bonds is 2. The quantitative estimate of drug-likeness (QED) is 0.598. The van der Waals surface area contributed by atoms with Crippen molar-refractivity contribution in [3.05, 3.63) is 29.0 Å². The maximum Gasteiger partial charge on any atom is 0.236 e. The van der Waals surface area contributed by atoms with Gasteiger partial charge in [0.15, 0.2) is 5.49 Å². The lowest BCUT2D eigenvalue weighted by Crippen LogP contribution is -2.40. The molecule has 2 heterocycles. The number of pyridine rings is 1. The normalized spacial score (nSPS) is 13.9. The molecule has 0 aliphatic carbocycles. The van der Waals surface area contributed by atoms with Crippen LogP contribution in [0, 0.1) is 0 Å². The van der Waals surface area contributed by atoms with E-state index in [4.69, 9.17) is 5.73 Å². The van der Waals surface area contributed by atoms with Crippen LogP contribution < -0.4 is 16.4 Å².